The molecule has 0 fully saturated rings. The molecule has 0 radical (unpaired) electrons. The molecule has 4 heteroatoms. The average molecular weight is 109 g/mol. The van der Waals surface area contributed by atoms with Gasteiger partial charge in [0, 0.05) is 0 Å². The lowest BCUT2D eigenvalue weighted by Crippen LogP contribution is -1.74. The van der Waals surface area contributed by atoms with Gasteiger partial charge in [0.25, 0.3) is 0 Å². The third-order valence-corrected chi connectivity index (χ3v) is 0.916. The molecule has 40 valence electrons. The van der Waals surface area contributed by atoms with Gasteiger partial charge in [-0.25, -0.2) is 0 Å². The van der Waals surface area contributed by atoms with Gasteiger partial charge in [-0.05, 0) is 0 Å². The maximum absolute atomic E-state index is 4.85. The first kappa shape index (κ1) is 3.65. The van der Waals surface area contributed by atoms with Crippen LogP contribution in [0.2, 0.25) is 0 Å². The van der Waals surface area contributed by atoms with E-state index in [0.29, 0.717) is 5.84 Å². The smallest absolute Gasteiger partial charge is 0.324 e. The van der Waals surface area contributed by atoms with Gasteiger partial charge in [-0.2, -0.15) is 14.6 Å². The maximum atomic E-state index is 4.85. The van der Waals surface area contributed by atoms with E-state index in [1.807, 2.05) is 0 Å². The van der Waals surface area contributed by atoms with E-state index in [4.69, 9.17) is 4.42 Å². The van der Waals surface area contributed by atoms with E-state index in [1.54, 1.807) is 10.7 Å². The van der Waals surface area contributed by atoms with Crippen molar-refractivity contribution >= 4 is 5.84 Å². The largest absolute Gasteiger partial charge is 0.431 e. The first-order valence-electron chi connectivity index (χ1n) is 2.19. The van der Waals surface area contributed by atoms with Gasteiger partial charge in [0.2, 0.25) is 0 Å². The first-order chi connectivity index (χ1) is 3.97. The summed E-state index contributed by atoms with van der Waals surface area (Å²) in [7, 11) is 0. The summed E-state index contributed by atoms with van der Waals surface area (Å²) in [6, 6.07) is 0. The van der Waals surface area contributed by atoms with Crippen molar-refractivity contribution in [2.75, 3.05) is 0 Å². The highest BCUT2D eigenvalue weighted by Gasteiger charge is 1.92. The van der Waals surface area contributed by atoms with Crippen LogP contribution in [0.1, 0.15) is 0 Å². The molecule has 0 saturated carbocycles. The molecule has 0 amide bonds. The molecule has 0 atom stereocenters. The minimum atomic E-state index is 0.532. The molecule has 2 aromatic heterocycles. The topological polar surface area (TPSA) is 43.3 Å². The highest BCUT2D eigenvalue weighted by atomic mass is 16.3. The Morgan fingerprint density at radius 2 is 2.62 bits per heavy atom. The van der Waals surface area contributed by atoms with Crippen LogP contribution in [-0.2, 0) is 0 Å². The van der Waals surface area contributed by atoms with Crippen LogP contribution in [0.25, 0.3) is 5.84 Å². The molecular weight excluding hydrogens is 106 g/mol. The predicted molar refractivity (Wildman–Crippen MR) is 25.3 cm³/mol. The summed E-state index contributed by atoms with van der Waals surface area (Å²) in [6.45, 7) is 0. The summed E-state index contributed by atoms with van der Waals surface area (Å²) in [6.07, 6.45) is 4.68. The number of nitrogens with zero attached hydrogens (tertiary/aromatic N) is 3. The Morgan fingerprint density at radius 3 is 3.50 bits per heavy atom. The molecule has 0 unspecified atom stereocenters. The van der Waals surface area contributed by atoms with Gasteiger partial charge in [0.15, 0.2) is 0 Å². The third-order valence-electron chi connectivity index (χ3n) is 0.916. The lowest BCUT2D eigenvalue weighted by atomic mass is 11.0. The monoisotopic (exact) mass is 109 g/mol. The average Bonchev–Trinajstić information content (AvgIpc) is 2.15. The van der Waals surface area contributed by atoms with Crippen molar-refractivity contribution < 1.29 is 4.42 Å². The van der Waals surface area contributed by atoms with Gasteiger partial charge >= 0.3 is 5.84 Å². The SMILES string of the molecule is c1nc2occn2n1. The molecule has 0 bridgehead atoms. The molecule has 0 spiro atoms. The van der Waals surface area contributed by atoms with Crippen LogP contribution in [0.15, 0.2) is 23.2 Å². The van der Waals surface area contributed by atoms with Crippen molar-refractivity contribution in [1.29, 1.82) is 0 Å². The van der Waals surface area contributed by atoms with E-state index < -0.39 is 0 Å². The summed E-state index contributed by atoms with van der Waals surface area (Å²) < 4.78 is 6.40. The normalized spacial score (nSPS) is 10.5. The van der Waals surface area contributed by atoms with Crippen molar-refractivity contribution in [3.63, 3.8) is 0 Å². The fourth-order valence-corrected chi connectivity index (χ4v) is 0.575. The van der Waals surface area contributed by atoms with Crippen molar-refractivity contribution in [3.05, 3.63) is 18.8 Å². The summed E-state index contributed by atoms with van der Waals surface area (Å²) in [5.41, 5.74) is 0. The van der Waals surface area contributed by atoms with Crippen LogP contribution >= 0.6 is 0 Å². The highest BCUT2D eigenvalue weighted by Crippen LogP contribution is 1.94. The van der Waals surface area contributed by atoms with Crippen LogP contribution in [0.4, 0.5) is 0 Å². The standard InChI is InChI=1S/C4H3N3O/c1-2-8-4-5-3-6-7(1)4/h1-3H. The molecule has 0 aromatic carbocycles. The molecule has 0 aliphatic rings. The summed E-state index contributed by atoms with van der Waals surface area (Å²) >= 11 is 0. The van der Waals surface area contributed by atoms with E-state index in [2.05, 4.69) is 10.1 Å². The zero-order chi connectivity index (χ0) is 5.40. The number of oxazole rings is 1. The molecule has 2 heterocycles. The molecule has 4 nitrogen and oxygen atoms in total. The Kier molecular flexibility index (Phi) is 0.498. The zero-order valence-electron chi connectivity index (χ0n) is 3.98. The molecule has 2 aromatic rings. The van der Waals surface area contributed by atoms with Crippen molar-refractivity contribution in [2.24, 2.45) is 0 Å². The van der Waals surface area contributed by atoms with Crippen molar-refractivity contribution in [2.45, 2.75) is 0 Å². The van der Waals surface area contributed by atoms with E-state index in [0.717, 1.165) is 0 Å². The highest BCUT2D eigenvalue weighted by molar-refractivity contribution is 5.16. The van der Waals surface area contributed by atoms with Gasteiger partial charge in [-0.3, -0.25) is 0 Å². The number of fused-ring (bicyclic) bond motifs is 1. The number of aromatic nitrogens is 3. The minimum Gasteiger partial charge on any atom is -0.431 e. The van der Waals surface area contributed by atoms with E-state index in [-0.39, 0.29) is 0 Å². The molecule has 0 saturated heterocycles. The fourth-order valence-electron chi connectivity index (χ4n) is 0.575. The Morgan fingerprint density at radius 1 is 1.62 bits per heavy atom. The summed E-state index contributed by atoms with van der Waals surface area (Å²) in [5.74, 6) is 0.532. The number of hydrogen-bond donors (Lipinski definition) is 0. The second-order valence-corrected chi connectivity index (χ2v) is 1.39. The lowest BCUT2D eigenvalue weighted by Gasteiger charge is -1.67. The first-order valence-corrected chi connectivity index (χ1v) is 2.19. The molecule has 0 aliphatic carbocycles. The van der Waals surface area contributed by atoms with Crippen LogP contribution in [0.5, 0.6) is 0 Å². The maximum Gasteiger partial charge on any atom is 0.324 e. The summed E-state index contributed by atoms with van der Waals surface area (Å²) in [4.78, 5) is 3.76. The van der Waals surface area contributed by atoms with Crippen molar-refractivity contribution in [1.82, 2.24) is 14.6 Å². The quantitative estimate of drug-likeness (QED) is 0.489. The Hall–Kier alpha value is -1.32. The molecule has 8 heavy (non-hydrogen) atoms. The van der Waals surface area contributed by atoms with Gasteiger partial charge in [0.05, 0.1) is 6.20 Å². The van der Waals surface area contributed by atoms with E-state index in [9.17, 15) is 0 Å². The number of hydrogen-bond acceptors (Lipinski definition) is 3. The van der Waals surface area contributed by atoms with E-state index in [1.165, 1.54) is 12.6 Å². The molecule has 0 aliphatic heterocycles. The van der Waals surface area contributed by atoms with Crippen molar-refractivity contribution in [3.8, 4) is 0 Å². The van der Waals surface area contributed by atoms with E-state index >= 15 is 0 Å². The van der Waals surface area contributed by atoms with Crippen LogP contribution in [0.3, 0.4) is 0 Å². The van der Waals surface area contributed by atoms with Crippen LogP contribution < -0.4 is 0 Å². The molecule has 2 rings (SSSR count). The second-order valence-electron chi connectivity index (χ2n) is 1.39. The van der Waals surface area contributed by atoms with Gasteiger partial charge in [0.1, 0.15) is 12.6 Å². The zero-order valence-corrected chi connectivity index (χ0v) is 3.98. The fraction of sp³-hybridized carbons (Fsp3) is 0. The number of rotatable bonds is 0. The Bertz CT molecular complexity index is 233. The Labute approximate surface area is 44.8 Å². The molecule has 0 N–H and O–H groups in total. The van der Waals surface area contributed by atoms with Gasteiger partial charge in [-0.1, -0.05) is 0 Å². The second kappa shape index (κ2) is 1.09. The predicted octanol–water partition coefficient (Wildman–Crippen LogP) is 0.322. The molecular formula is C4H3N3O. The van der Waals surface area contributed by atoms with Gasteiger partial charge in [-0.15, -0.1) is 0 Å². The Balaban J connectivity index is 3.06. The third kappa shape index (κ3) is 0.294. The summed E-state index contributed by atoms with van der Waals surface area (Å²) in [5, 5.41) is 3.79. The van der Waals surface area contributed by atoms with Gasteiger partial charge < -0.3 is 4.42 Å². The minimum absolute atomic E-state index is 0.532. The van der Waals surface area contributed by atoms with Crippen LogP contribution in [0, 0.1) is 0 Å². The lowest BCUT2D eigenvalue weighted by molar-refractivity contribution is 0.594. The van der Waals surface area contributed by atoms with Crippen LogP contribution in [-0.4, -0.2) is 14.6 Å².